The minimum atomic E-state index is -0.425. The van der Waals surface area contributed by atoms with Crippen molar-refractivity contribution in [1.82, 2.24) is 14.6 Å². The van der Waals surface area contributed by atoms with Gasteiger partial charge in [0.1, 0.15) is 5.03 Å². The second-order valence-electron chi connectivity index (χ2n) is 6.50. The largest absolute Gasteiger partial charge is 0.465 e. The van der Waals surface area contributed by atoms with Crippen molar-refractivity contribution < 1.29 is 14.3 Å². The van der Waals surface area contributed by atoms with Gasteiger partial charge < -0.3 is 10.1 Å². The van der Waals surface area contributed by atoms with Crippen LogP contribution in [0.25, 0.3) is 16.8 Å². The van der Waals surface area contributed by atoms with Crippen LogP contribution in [-0.4, -0.2) is 39.3 Å². The smallest absolute Gasteiger partial charge is 0.337 e. The molecule has 0 aliphatic heterocycles. The van der Waals surface area contributed by atoms with E-state index in [1.165, 1.54) is 18.9 Å². The molecule has 9 heteroatoms. The van der Waals surface area contributed by atoms with E-state index < -0.39 is 5.97 Å². The molecule has 1 amide bonds. The lowest BCUT2D eigenvalue weighted by molar-refractivity contribution is -0.113. The van der Waals surface area contributed by atoms with Crippen LogP contribution in [0.3, 0.4) is 0 Å². The van der Waals surface area contributed by atoms with E-state index in [4.69, 9.17) is 11.6 Å². The maximum atomic E-state index is 12.4. The fourth-order valence-corrected chi connectivity index (χ4v) is 3.81. The van der Waals surface area contributed by atoms with Gasteiger partial charge in [-0.05, 0) is 42.5 Å². The summed E-state index contributed by atoms with van der Waals surface area (Å²) in [5, 5.41) is 8.75. The number of nitrogens with zero attached hydrogens (tertiary/aromatic N) is 3. The monoisotopic (exact) mass is 452 g/mol. The number of esters is 1. The van der Waals surface area contributed by atoms with E-state index in [-0.39, 0.29) is 11.7 Å². The molecule has 0 bridgehead atoms. The highest BCUT2D eigenvalue weighted by atomic mass is 35.5. The van der Waals surface area contributed by atoms with Crippen molar-refractivity contribution in [1.29, 1.82) is 0 Å². The average molecular weight is 453 g/mol. The van der Waals surface area contributed by atoms with E-state index >= 15 is 0 Å². The Morgan fingerprint density at radius 3 is 2.58 bits per heavy atom. The number of nitrogens with one attached hydrogen (secondary N) is 1. The number of halogens is 1. The van der Waals surface area contributed by atoms with Crippen molar-refractivity contribution in [3.05, 3.63) is 77.6 Å². The van der Waals surface area contributed by atoms with Crippen LogP contribution >= 0.6 is 23.4 Å². The van der Waals surface area contributed by atoms with Gasteiger partial charge in [-0.1, -0.05) is 35.5 Å². The van der Waals surface area contributed by atoms with Crippen molar-refractivity contribution in [2.45, 2.75) is 5.03 Å². The third kappa shape index (κ3) is 4.87. The van der Waals surface area contributed by atoms with Gasteiger partial charge in [0.05, 0.1) is 29.6 Å². The molecule has 0 aliphatic rings. The predicted octanol–water partition coefficient (Wildman–Crippen LogP) is 4.57. The Kier molecular flexibility index (Phi) is 6.20. The van der Waals surface area contributed by atoms with Crippen LogP contribution in [0, 0.1) is 0 Å². The molecule has 0 saturated carbocycles. The Labute approximate surface area is 187 Å². The van der Waals surface area contributed by atoms with Crippen LogP contribution in [0.1, 0.15) is 10.4 Å². The summed E-state index contributed by atoms with van der Waals surface area (Å²) in [5.41, 5.74) is 3.56. The molecule has 4 rings (SSSR count). The number of carbonyl (C=O) groups excluding carboxylic acids is 2. The molecule has 0 radical (unpaired) electrons. The second kappa shape index (κ2) is 9.20. The zero-order chi connectivity index (χ0) is 21.8. The van der Waals surface area contributed by atoms with E-state index in [9.17, 15) is 9.59 Å². The van der Waals surface area contributed by atoms with Crippen molar-refractivity contribution in [2.24, 2.45) is 0 Å². The number of benzene rings is 2. The van der Waals surface area contributed by atoms with E-state index in [1.807, 2.05) is 30.3 Å². The first-order valence-corrected chi connectivity index (χ1v) is 10.6. The summed E-state index contributed by atoms with van der Waals surface area (Å²) in [6.45, 7) is 0. The highest BCUT2D eigenvalue weighted by Crippen LogP contribution is 2.27. The molecule has 2 aromatic heterocycles. The minimum Gasteiger partial charge on any atom is -0.465 e. The summed E-state index contributed by atoms with van der Waals surface area (Å²) in [5.74, 6) is -0.434. The van der Waals surface area contributed by atoms with Gasteiger partial charge in [0.2, 0.25) is 5.91 Å². The first kappa shape index (κ1) is 20.9. The van der Waals surface area contributed by atoms with Crippen LogP contribution in [0.15, 0.2) is 72.0 Å². The maximum absolute atomic E-state index is 12.4. The Morgan fingerprint density at radius 1 is 1.13 bits per heavy atom. The Balaban J connectivity index is 1.44. The molecule has 156 valence electrons. The second-order valence-corrected chi connectivity index (χ2v) is 7.90. The lowest BCUT2D eigenvalue weighted by Gasteiger charge is -2.06. The Hall–Kier alpha value is -3.36. The van der Waals surface area contributed by atoms with Crippen LogP contribution in [0.5, 0.6) is 0 Å². The number of aromatic nitrogens is 3. The summed E-state index contributed by atoms with van der Waals surface area (Å²) in [7, 11) is 1.32. The summed E-state index contributed by atoms with van der Waals surface area (Å²) in [4.78, 5) is 28.3. The number of amides is 1. The number of rotatable bonds is 6. The average Bonchev–Trinajstić information content (AvgIpc) is 3.23. The molecule has 2 aromatic carbocycles. The van der Waals surface area contributed by atoms with Crippen molar-refractivity contribution in [3.8, 4) is 11.3 Å². The molecular formula is C22H17ClN4O3S. The summed E-state index contributed by atoms with van der Waals surface area (Å²) >= 11 is 7.28. The maximum Gasteiger partial charge on any atom is 0.337 e. The van der Waals surface area contributed by atoms with Gasteiger partial charge in [-0.2, -0.15) is 5.10 Å². The molecule has 0 fully saturated rings. The number of carbonyl (C=O) groups is 2. The van der Waals surface area contributed by atoms with Crippen molar-refractivity contribution >= 4 is 46.4 Å². The lowest BCUT2D eigenvalue weighted by Crippen LogP contribution is -2.14. The molecule has 0 aliphatic carbocycles. The molecule has 0 saturated heterocycles. The highest BCUT2D eigenvalue weighted by molar-refractivity contribution is 8.00. The normalized spacial score (nSPS) is 10.8. The first-order valence-electron chi connectivity index (χ1n) is 9.25. The van der Waals surface area contributed by atoms with Gasteiger partial charge in [-0.3, -0.25) is 4.79 Å². The molecule has 0 unspecified atom stereocenters. The fourth-order valence-electron chi connectivity index (χ4n) is 2.91. The molecule has 0 atom stereocenters. The molecule has 0 spiro atoms. The topological polar surface area (TPSA) is 85.6 Å². The third-order valence-electron chi connectivity index (χ3n) is 4.42. The zero-order valence-corrected chi connectivity index (χ0v) is 18.0. The number of fused-ring (bicyclic) bond motifs is 1. The van der Waals surface area contributed by atoms with Crippen LogP contribution in [-0.2, 0) is 9.53 Å². The van der Waals surface area contributed by atoms with Gasteiger partial charge in [0.25, 0.3) is 0 Å². The Morgan fingerprint density at radius 2 is 1.87 bits per heavy atom. The summed E-state index contributed by atoms with van der Waals surface area (Å²) < 4.78 is 6.40. The minimum absolute atomic E-state index is 0.173. The summed E-state index contributed by atoms with van der Waals surface area (Å²) in [6.07, 6.45) is 3.42. The standard InChI is InChI=1S/C22H17ClN4O3S/c1-30-22(29)15-4-8-17(9-5-15)25-20(28)13-31-21-19-12-18(26-27(19)11-10-24-21)14-2-6-16(23)7-3-14/h2-12H,13H2,1H3,(H,25,28). The Bertz CT molecular complexity index is 1240. The van der Waals surface area contributed by atoms with Crippen molar-refractivity contribution in [3.63, 3.8) is 0 Å². The number of hydrogen-bond acceptors (Lipinski definition) is 6. The van der Waals surface area contributed by atoms with E-state index in [2.05, 4.69) is 20.1 Å². The third-order valence-corrected chi connectivity index (χ3v) is 5.67. The predicted molar refractivity (Wildman–Crippen MR) is 121 cm³/mol. The van der Waals surface area contributed by atoms with E-state index in [0.29, 0.717) is 21.3 Å². The van der Waals surface area contributed by atoms with Crippen molar-refractivity contribution in [2.75, 3.05) is 18.2 Å². The van der Waals surface area contributed by atoms with Crippen LogP contribution < -0.4 is 5.32 Å². The van der Waals surface area contributed by atoms with E-state index in [0.717, 1.165) is 16.8 Å². The van der Waals surface area contributed by atoms with Gasteiger partial charge in [-0.15, -0.1) is 0 Å². The highest BCUT2D eigenvalue weighted by Gasteiger charge is 2.12. The number of methoxy groups -OCH3 is 1. The summed E-state index contributed by atoms with van der Waals surface area (Å²) in [6, 6.07) is 15.9. The molecule has 1 N–H and O–H groups in total. The first-order chi connectivity index (χ1) is 15.0. The zero-order valence-electron chi connectivity index (χ0n) is 16.4. The molecule has 2 heterocycles. The number of anilines is 1. The molecule has 7 nitrogen and oxygen atoms in total. The van der Waals surface area contributed by atoms with E-state index in [1.54, 1.807) is 41.2 Å². The quantitative estimate of drug-likeness (QED) is 0.341. The number of hydrogen-bond donors (Lipinski definition) is 1. The van der Waals surface area contributed by atoms with Gasteiger partial charge >= 0.3 is 5.97 Å². The fraction of sp³-hybridized carbons (Fsp3) is 0.0909. The SMILES string of the molecule is COC(=O)c1ccc(NC(=O)CSc2nccn3nc(-c4ccc(Cl)cc4)cc23)cc1. The lowest BCUT2D eigenvalue weighted by atomic mass is 10.1. The van der Waals surface area contributed by atoms with Crippen LogP contribution in [0.4, 0.5) is 5.69 Å². The number of thioether (sulfide) groups is 1. The molecular weight excluding hydrogens is 436 g/mol. The molecule has 31 heavy (non-hydrogen) atoms. The number of ether oxygens (including phenoxy) is 1. The van der Waals surface area contributed by atoms with Crippen LogP contribution in [0.2, 0.25) is 5.02 Å². The van der Waals surface area contributed by atoms with Gasteiger partial charge in [-0.25, -0.2) is 14.3 Å². The molecule has 4 aromatic rings. The van der Waals surface area contributed by atoms with Gasteiger partial charge in [0.15, 0.2) is 0 Å². The van der Waals surface area contributed by atoms with Gasteiger partial charge in [0, 0.05) is 28.7 Å².